The molecule has 0 aromatic carbocycles. The predicted molar refractivity (Wildman–Crippen MR) is 103 cm³/mol. The number of likely N-dealkylation sites (N-methyl/N-ethyl adjacent to an activating group) is 1. The molecule has 9 heteroatoms. The molecule has 0 bridgehead atoms. The highest BCUT2D eigenvalue weighted by Gasteiger charge is 2.41. The quantitative estimate of drug-likeness (QED) is 0.702. The molecule has 0 atom stereocenters. The van der Waals surface area contributed by atoms with Crippen molar-refractivity contribution in [1.82, 2.24) is 24.5 Å². The number of fused-ring (bicyclic) bond motifs is 1. The van der Waals surface area contributed by atoms with E-state index in [0.29, 0.717) is 19.8 Å². The average Bonchev–Trinajstić information content (AvgIpc) is 3.11. The van der Waals surface area contributed by atoms with Gasteiger partial charge in [0.15, 0.2) is 0 Å². The first-order chi connectivity index (χ1) is 13.0. The molecule has 9 nitrogen and oxygen atoms in total. The highest BCUT2D eigenvalue weighted by Crippen LogP contribution is 2.29. The number of carbonyl (C=O) groups is 3. The predicted octanol–water partition coefficient (Wildman–Crippen LogP) is 0.690. The SMILES string of the molecule is CN1C=C2C(=O)N(C3CCN(C(=O)CN(C)C(=O)OC(C)(C)C)CC3)CN2C1. The fourth-order valence-electron chi connectivity index (χ4n) is 3.80. The molecule has 2 saturated heterocycles. The molecule has 3 aliphatic rings. The Morgan fingerprint density at radius 2 is 1.86 bits per heavy atom. The second-order valence-electron chi connectivity index (χ2n) is 8.82. The van der Waals surface area contributed by atoms with E-state index in [9.17, 15) is 14.4 Å². The number of rotatable bonds is 3. The van der Waals surface area contributed by atoms with Crippen LogP contribution in [0.25, 0.3) is 0 Å². The lowest BCUT2D eigenvalue weighted by Gasteiger charge is -2.37. The van der Waals surface area contributed by atoms with Crippen LogP contribution in [-0.2, 0) is 14.3 Å². The molecule has 0 radical (unpaired) electrons. The van der Waals surface area contributed by atoms with Gasteiger partial charge in [-0.15, -0.1) is 0 Å². The van der Waals surface area contributed by atoms with E-state index in [-0.39, 0.29) is 24.4 Å². The van der Waals surface area contributed by atoms with E-state index in [4.69, 9.17) is 4.74 Å². The Morgan fingerprint density at radius 1 is 1.21 bits per heavy atom. The van der Waals surface area contributed by atoms with Crippen LogP contribution in [-0.4, -0.2) is 101 Å². The molecular weight excluding hydrogens is 362 g/mol. The van der Waals surface area contributed by atoms with Crippen LogP contribution in [0.3, 0.4) is 0 Å². The van der Waals surface area contributed by atoms with Gasteiger partial charge in [-0.05, 0) is 33.6 Å². The first-order valence-corrected chi connectivity index (χ1v) is 9.75. The van der Waals surface area contributed by atoms with Crippen LogP contribution in [0.5, 0.6) is 0 Å². The summed E-state index contributed by atoms with van der Waals surface area (Å²) < 4.78 is 5.29. The summed E-state index contributed by atoms with van der Waals surface area (Å²) in [5, 5.41) is 0. The minimum Gasteiger partial charge on any atom is -0.444 e. The summed E-state index contributed by atoms with van der Waals surface area (Å²) in [6.07, 6.45) is 2.90. The number of hydrogen-bond acceptors (Lipinski definition) is 6. The monoisotopic (exact) mass is 393 g/mol. The van der Waals surface area contributed by atoms with Gasteiger partial charge in [0.05, 0.1) is 13.3 Å². The van der Waals surface area contributed by atoms with E-state index in [0.717, 1.165) is 25.2 Å². The summed E-state index contributed by atoms with van der Waals surface area (Å²) in [6, 6.07) is 0.150. The van der Waals surface area contributed by atoms with E-state index in [1.807, 2.05) is 23.0 Å². The van der Waals surface area contributed by atoms with Crippen molar-refractivity contribution in [2.24, 2.45) is 0 Å². The lowest BCUT2D eigenvalue weighted by Crippen LogP contribution is -2.50. The van der Waals surface area contributed by atoms with Crippen molar-refractivity contribution in [1.29, 1.82) is 0 Å². The van der Waals surface area contributed by atoms with Gasteiger partial charge in [-0.25, -0.2) is 4.79 Å². The van der Waals surface area contributed by atoms with Crippen LogP contribution >= 0.6 is 0 Å². The van der Waals surface area contributed by atoms with Gasteiger partial charge in [0.1, 0.15) is 17.8 Å². The molecule has 0 aliphatic carbocycles. The molecule has 3 heterocycles. The molecule has 0 aromatic heterocycles. The van der Waals surface area contributed by atoms with Crippen molar-refractivity contribution in [3.8, 4) is 0 Å². The molecule has 0 unspecified atom stereocenters. The van der Waals surface area contributed by atoms with Gasteiger partial charge in [-0.2, -0.15) is 0 Å². The number of carbonyl (C=O) groups excluding carboxylic acids is 3. The van der Waals surface area contributed by atoms with E-state index in [1.165, 1.54) is 4.90 Å². The molecule has 0 spiro atoms. The second kappa shape index (κ2) is 7.52. The van der Waals surface area contributed by atoms with Crippen molar-refractivity contribution in [2.75, 3.05) is 47.1 Å². The van der Waals surface area contributed by atoms with Gasteiger partial charge in [0.2, 0.25) is 5.91 Å². The van der Waals surface area contributed by atoms with Crippen molar-refractivity contribution in [2.45, 2.75) is 45.3 Å². The van der Waals surface area contributed by atoms with Crippen LogP contribution in [0, 0.1) is 0 Å². The standard InChI is InChI=1S/C19H31N5O4/c1-19(2,3)28-18(27)21(5)11-16(25)22-8-6-14(7-9-22)24-13-23-12-20(4)10-15(23)17(24)26/h10,14H,6-9,11-13H2,1-5H3. The molecule has 0 N–H and O–H groups in total. The maximum Gasteiger partial charge on any atom is 0.410 e. The number of piperidine rings is 1. The molecular formula is C19H31N5O4. The van der Waals surface area contributed by atoms with Gasteiger partial charge in [-0.3, -0.25) is 9.59 Å². The zero-order valence-corrected chi connectivity index (χ0v) is 17.5. The van der Waals surface area contributed by atoms with Gasteiger partial charge in [0, 0.05) is 39.4 Å². The Balaban J connectivity index is 1.48. The van der Waals surface area contributed by atoms with Crippen molar-refractivity contribution < 1.29 is 19.1 Å². The van der Waals surface area contributed by atoms with E-state index < -0.39 is 11.7 Å². The Morgan fingerprint density at radius 3 is 2.43 bits per heavy atom. The van der Waals surface area contributed by atoms with Crippen LogP contribution < -0.4 is 0 Å². The molecule has 28 heavy (non-hydrogen) atoms. The molecule has 3 amide bonds. The smallest absolute Gasteiger partial charge is 0.410 e. The number of hydrogen-bond donors (Lipinski definition) is 0. The molecule has 0 saturated carbocycles. The van der Waals surface area contributed by atoms with Crippen LogP contribution in [0.4, 0.5) is 4.79 Å². The number of amides is 3. The van der Waals surface area contributed by atoms with Crippen molar-refractivity contribution in [3.63, 3.8) is 0 Å². The molecule has 156 valence electrons. The maximum atomic E-state index is 12.6. The Bertz CT molecular complexity index is 678. The van der Waals surface area contributed by atoms with Crippen molar-refractivity contribution >= 4 is 17.9 Å². The zero-order chi connectivity index (χ0) is 20.6. The van der Waals surface area contributed by atoms with Gasteiger partial charge >= 0.3 is 6.09 Å². The van der Waals surface area contributed by atoms with Crippen LogP contribution in [0.2, 0.25) is 0 Å². The van der Waals surface area contributed by atoms with Gasteiger partial charge in [-0.1, -0.05) is 0 Å². The van der Waals surface area contributed by atoms with E-state index >= 15 is 0 Å². The summed E-state index contributed by atoms with van der Waals surface area (Å²) in [6.45, 7) is 7.93. The highest BCUT2D eigenvalue weighted by molar-refractivity contribution is 5.95. The molecule has 3 rings (SSSR count). The summed E-state index contributed by atoms with van der Waals surface area (Å²) >= 11 is 0. The van der Waals surface area contributed by atoms with Gasteiger partial charge in [0.25, 0.3) is 5.91 Å². The summed E-state index contributed by atoms with van der Waals surface area (Å²) in [7, 11) is 3.53. The third kappa shape index (κ3) is 4.34. The molecule has 3 aliphatic heterocycles. The number of likely N-dealkylation sites (tertiary alicyclic amines) is 1. The fourth-order valence-corrected chi connectivity index (χ4v) is 3.80. The zero-order valence-electron chi connectivity index (χ0n) is 17.5. The summed E-state index contributed by atoms with van der Waals surface area (Å²) in [4.78, 5) is 46.3. The largest absolute Gasteiger partial charge is 0.444 e. The van der Waals surface area contributed by atoms with Crippen LogP contribution in [0.15, 0.2) is 11.9 Å². The Kier molecular flexibility index (Phi) is 5.45. The summed E-state index contributed by atoms with van der Waals surface area (Å²) in [5.74, 6) is -0.0108. The number of nitrogens with zero attached hydrogens (tertiary/aromatic N) is 5. The third-order valence-corrected chi connectivity index (χ3v) is 5.22. The van der Waals surface area contributed by atoms with E-state index in [2.05, 4.69) is 4.90 Å². The molecule has 2 fully saturated rings. The van der Waals surface area contributed by atoms with Gasteiger partial charge < -0.3 is 29.2 Å². The third-order valence-electron chi connectivity index (χ3n) is 5.22. The Labute approximate surface area is 166 Å². The highest BCUT2D eigenvalue weighted by atomic mass is 16.6. The Hall–Kier alpha value is -2.45. The minimum absolute atomic E-state index is 0.00474. The minimum atomic E-state index is -0.590. The van der Waals surface area contributed by atoms with E-state index in [1.54, 1.807) is 32.7 Å². The maximum absolute atomic E-state index is 12.6. The first kappa shape index (κ1) is 20.3. The van der Waals surface area contributed by atoms with Crippen LogP contribution in [0.1, 0.15) is 33.6 Å². The average molecular weight is 393 g/mol. The lowest BCUT2D eigenvalue weighted by atomic mass is 10.0. The number of ether oxygens (including phenoxy) is 1. The topological polar surface area (TPSA) is 76.6 Å². The molecule has 0 aromatic rings. The lowest BCUT2D eigenvalue weighted by molar-refractivity contribution is -0.134. The normalized spacial score (nSPS) is 20.5. The van der Waals surface area contributed by atoms with Crippen molar-refractivity contribution in [3.05, 3.63) is 11.9 Å². The summed E-state index contributed by atoms with van der Waals surface area (Å²) in [5.41, 5.74) is 0.174. The first-order valence-electron chi connectivity index (χ1n) is 9.75. The second-order valence-corrected chi connectivity index (χ2v) is 8.82. The fraction of sp³-hybridized carbons (Fsp3) is 0.737.